The fourth-order valence-electron chi connectivity index (χ4n) is 0.771. The maximum absolute atomic E-state index is 6.91. The van der Waals surface area contributed by atoms with E-state index in [2.05, 4.69) is 19.4 Å². The summed E-state index contributed by atoms with van der Waals surface area (Å²) in [6, 6.07) is 0. The minimum Gasteiger partial charge on any atom is -0.691 e. The molecule has 2 heteroatoms. The van der Waals surface area contributed by atoms with Crippen LogP contribution in [-0.2, 0) is 4.74 Å². The molecule has 0 aromatic rings. The zero-order chi connectivity index (χ0) is 8.53. The molecule has 0 saturated carbocycles. The van der Waals surface area contributed by atoms with Gasteiger partial charge in [-0.15, -0.1) is 6.58 Å². The number of unbranched alkanes of at least 4 members (excludes halogenated alkanes) is 1. The van der Waals surface area contributed by atoms with Gasteiger partial charge in [0.1, 0.15) is 0 Å². The zero-order valence-corrected chi connectivity index (χ0v) is 8.10. The molecule has 0 aliphatic carbocycles. The van der Waals surface area contributed by atoms with Crippen molar-refractivity contribution in [3.8, 4) is 5.92 Å². The van der Waals surface area contributed by atoms with E-state index in [0.29, 0.717) is 6.61 Å². The van der Waals surface area contributed by atoms with E-state index in [9.17, 15) is 0 Å². The third-order valence-electron chi connectivity index (χ3n) is 1.40. The van der Waals surface area contributed by atoms with Gasteiger partial charge >= 0.3 is 18.9 Å². The van der Waals surface area contributed by atoms with Gasteiger partial charge in [0.2, 0.25) is 0 Å². The van der Waals surface area contributed by atoms with E-state index in [0.717, 1.165) is 19.3 Å². The molecular weight excluding hydrogens is 143 g/mol. The second-order valence-electron chi connectivity index (χ2n) is 2.40. The molecule has 62 valence electrons. The normalized spacial score (nSPS) is 11.0. The van der Waals surface area contributed by atoms with Crippen molar-refractivity contribution in [2.24, 2.45) is 0 Å². The Morgan fingerprint density at radius 3 is 2.75 bits per heavy atom. The van der Waals surface area contributed by atoms with Crippen molar-refractivity contribution in [1.29, 1.82) is 0 Å². The maximum atomic E-state index is 6.91. The molecule has 12 heavy (non-hydrogen) atoms. The molecule has 1 nitrogen and oxygen atoms in total. The second kappa shape index (κ2) is 10.9. The first kappa shape index (κ1) is 14.4. The standard InChI is InChI=1S/C10H15O.Li/c1-4-7-8-10(6-3)11-9-5-2;/h5,10H,2,4,7-9H2,1H3;/q-1;+1. The molecule has 0 aliphatic heterocycles. The Hall–Kier alpha value is -0.143. The van der Waals surface area contributed by atoms with Gasteiger partial charge in [0, 0.05) is 0 Å². The molecule has 1 unspecified atom stereocenters. The van der Waals surface area contributed by atoms with Crippen LogP contribution in [0.1, 0.15) is 26.2 Å². The summed E-state index contributed by atoms with van der Waals surface area (Å²) in [7, 11) is 0. The summed E-state index contributed by atoms with van der Waals surface area (Å²) in [4.78, 5) is 0. The largest absolute Gasteiger partial charge is 1.00 e. The van der Waals surface area contributed by atoms with Crippen LogP contribution in [0.25, 0.3) is 0 Å². The van der Waals surface area contributed by atoms with Gasteiger partial charge in [-0.25, -0.2) is 0 Å². The summed E-state index contributed by atoms with van der Waals surface area (Å²) in [5.41, 5.74) is 0. The third kappa shape index (κ3) is 7.96. The van der Waals surface area contributed by atoms with Gasteiger partial charge < -0.3 is 17.1 Å². The monoisotopic (exact) mass is 158 g/mol. The molecule has 0 rings (SSSR count). The van der Waals surface area contributed by atoms with Crippen molar-refractivity contribution in [2.45, 2.75) is 32.3 Å². The topological polar surface area (TPSA) is 9.23 Å². The molecule has 0 aromatic carbocycles. The Bertz CT molecular complexity index is 137. The van der Waals surface area contributed by atoms with Gasteiger partial charge in [-0.3, -0.25) is 0 Å². The average Bonchev–Trinajstić information content (AvgIpc) is 2.05. The summed E-state index contributed by atoms with van der Waals surface area (Å²) >= 11 is 0. The number of hydrogen-bond donors (Lipinski definition) is 0. The second-order valence-corrected chi connectivity index (χ2v) is 2.40. The molecule has 0 saturated heterocycles. The number of hydrogen-bond acceptors (Lipinski definition) is 1. The predicted molar refractivity (Wildman–Crippen MR) is 46.6 cm³/mol. The van der Waals surface area contributed by atoms with Gasteiger partial charge in [-0.05, 0) is 6.42 Å². The average molecular weight is 158 g/mol. The maximum Gasteiger partial charge on any atom is 1.00 e. The van der Waals surface area contributed by atoms with E-state index in [1.807, 2.05) is 0 Å². The van der Waals surface area contributed by atoms with Crippen molar-refractivity contribution in [3.05, 3.63) is 19.1 Å². The Morgan fingerprint density at radius 1 is 1.67 bits per heavy atom. The van der Waals surface area contributed by atoms with Gasteiger partial charge in [0.25, 0.3) is 0 Å². The summed E-state index contributed by atoms with van der Waals surface area (Å²) in [6.07, 6.45) is 11.6. The summed E-state index contributed by atoms with van der Waals surface area (Å²) in [5.74, 6) is 2.35. The third-order valence-corrected chi connectivity index (χ3v) is 1.40. The van der Waals surface area contributed by atoms with Crippen LogP contribution in [0.4, 0.5) is 0 Å². The van der Waals surface area contributed by atoms with Crippen molar-refractivity contribution in [1.82, 2.24) is 0 Å². The van der Waals surface area contributed by atoms with Gasteiger partial charge in [-0.2, -0.15) is 0 Å². The summed E-state index contributed by atoms with van der Waals surface area (Å²) < 4.78 is 5.23. The number of ether oxygens (including phenoxy) is 1. The Kier molecular flexibility index (Phi) is 13.0. The van der Waals surface area contributed by atoms with Crippen LogP contribution < -0.4 is 18.9 Å². The molecule has 0 heterocycles. The minimum absolute atomic E-state index is 0. The summed E-state index contributed by atoms with van der Waals surface area (Å²) in [5, 5.41) is 0. The van der Waals surface area contributed by atoms with Crippen molar-refractivity contribution < 1.29 is 23.6 Å². The Balaban J connectivity index is 0. The van der Waals surface area contributed by atoms with Crippen molar-refractivity contribution in [3.63, 3.8) is 0 Å². The molecule has 0 radical (unpaired) electrons. The van der Waals surface area contributed by atoms with Crippen LogP contribution in [0, 0.1) is 12.3 Å². The zero-order valence-electron chi connectivity index (χ0n) is 8.10. The first-order chi connectivity index (χ1) is 5.35. The first-order valence-electron chi connectivity index (χ1n) is 3.99. The summed E-state index contributed by atoms with van der Waals surface area (Å²) in [6.45, 7) is 6.17. The van der Waals surface area contributed by atoms with E-state index < -0.39 is 0 Å². The van der Waals surface area contributed by atoms with Gasteiger partial charge in [0.15, 0.2) is 0 Å². The molecule has 0 aliphatic rings. The molecule has 0 spiro atoms. The molecule has 0 fully saturated rings. The Morgan fingerprint density at radius 2 is 2.33 bits per heavy atom. The molecule has 1 atom stereocenters. The molecule has 0 bridgehead atoms. The van der Waals surface area contributed by atoms with Crippen LogP contribution in [0.5, 0.6) is 0 Å². The van der Waals surface area contributed by atoms with Crippen molar-refractivity contribution >= 4 is 0 Å². The van der Waals surface area contributed by atoms with Gasteiger partial charge in [0.05, 0.1) is 12.7 Å². The van der Waals surface area contributed by atoms with E-state index in [1.165, 1.54) is 0 Å². The van der Waals surface area contributed by atoms with Crippen LogP contribution in [-0.4, -0.2) is 12.7 Å². The molecule has 0 aromatic heterocycles. The molecular formula is C10H15LiO. The van der Waals surface area contributed by atoms with E-state index in [1.54, 1.807) is 6.08 Å². The van der Waals surface area contributed by atoms with Gasteiger partial charge in [-0.1, -0.05) is 25.8 Å². The van der Waals surface area contributed by atoms with E-state index >= 15 is 0 Å². The molecule has 0 N–H and O–H groups in total. The smallest absolute Gasteiger partial charge is 0.691 e. The first-order valence-corrected chi connectivity index (χ1v) is 3.99. The SMILES string of the molecule is [C-]#CC(CCCC)OCC=C.[Li+]. The molecule has 0 amide bonds. The predicted octanol–water partition coefficient (Wildman–Crippen LogP) is -0.658. The fraction of sp³-hybridized carbons (Fsp3) is 0.600. The van der Waals surface area contributed by atoms with Crippen LogP contribution >= 0.6 is 0 Å². The quantitative estimate of drug-likeness (QED) is 0.216. The number of rotatable bonds is 6. The van der Waals surface area contributed by atoms with Crippen molar-refractivity contribution in [2.75, 3.05) is 6.61 Å². The Labute approximate surface area is 87.7 Å². The minimum atomic E-state index is -0.132. The van der Waals surface area contributed by atoms with Crippen LogP contribution in [0.15, 0.2) is 12.7 Å². The van der Waals surface area contributed by atoms with E-state index in [-0.39, 0.29) is 25.0 Å². The van der Waals surface area contributed by atoms with Crippen LogP contribution in [0.3, 0.4) is 0 Å². The fourth-order valence-corrected chi connectivity index (χ4v) is 0.771. The van der Waals surface area contributed by atoms with Crippen LogP contribution in [0.2, 0.25) is 0 Å². The van der Waals surface area contributed by atoms with E-state index in [4.69, 9.17) is 11.2 Å².